The summed E-state index contributed by atoms with van der Waals surface area (Å²) in [4.78, 5) is 12.6. The van der Waals surface area contributed by atoms with Gasteiger partial charge in [-0.25, -0.2) is 8.42 Å². The van der Waals surface area contributed by atoms with E-state index in [4.69, 9.17) is 4.42 Å². The van der Waals surface area contributed by atoms with Crippen LogP contribution < -0.4 is 5.32 Å². The van der Waals surface area contributed by atoms with Crippen molar-refractivity contribution in [2.24, 2.45) is 0 Å². The predicted molar refractivity (Wildman–Crippen MR) is 113 cm³/mol. The molecule has 0 radical (unpaired) electrons. The van der Waals surface area contributed by atoms with Gasteiger partial charge < -0.3 is 9.73 Å². The molecule has 6 nitrogen and oxygen atoms in total. The molecular formula is C22H28N2O4S. The molecule has 0 atom stereocenters. The highest BCUT2D eigenvalue weighted by atomic mass is 32.2. The summed E-state index contributed by atoms with van der Waals surface area (Å²) in [6, 6.07) is 12.7. The summed E-state index contributed by atoms with van der Waals surface area (Å²) in [6.45, 7) is -0.231. The topological polar surface area (TPSA) is 79.6 Å². The number of furan rings is 1. The van der Waals surface area contributed by atoms with Crippen LogP contribution in [0.3, 0.4) is 0 Å². The maximum atomic E-state index is 12.9. The lowest BCUT2D eigenvalue weighted by atomic mass is 10.1. The SMILES string of the molecule is O=C(CN(Cc1ccco1)S(=O)(=O)/C=C/c1ccccc1)NC1CCCCCC1. The zero-order chi connectivity index (χ0) is 20.5. The van der Waals surface area contributed by atoms with Crippen LogP contribution in [0.25, 0.3) is 6.08 Å². The lowest BCUT2D eigenvalue weighted by Crippen LogP contribution is -2.43. The fourth-order valence-electron chi connectivity index (χ4n) is 3.48. The standard InChI is InChI=1S/C22H28N2O4S/c25-22(23-20-11-6-1-2-7-12-20)18-24(17-21-13-8-15-28-21)29(26,27)16-14-19-9-4-3-5-10-19/h3-5,8-10,13-16,20H,1-2,6-7,11-12,17-18H2,(H,23,25)/b16-14+. The van der Waals surface area contributed by atoms with E-state index in [1.54, 1.807) is 12.1 Å². The average molecular weight is 417 g/mol. The van der Waals surface area contributed by atoms with Crippen molar-refractivity contribution in [3.8, 4) is 0 Å². The van der Waals surface area contributed by atoms with Gasteiger partial charge >= 0.3 is 0 Å². The molecule has 3 rings (SSSR count). The van der Waals surface area contributed by atoms with E-state index in [1.807, 2.05) is 30.3 Å². The van der Waals surface area contributed by atoms with Crippen molar-refractivity contribution >= 4 is 22.0 Å². The van der Waals surface area contributed by atoms with Crippen LogP contribution in [0, 0.1) is 0 Å². The third-order valence-corrected chi connectivity index (χ3v) is 6.50. The highest BCUT2D eigenvalue weighted by molar-refractivity contribution is 7.92. The number of benzene rings is 1. The summed E-state index contributed by atoms with van der Waals surface area (Å²) in [5, 5.41) is 4.16. The number of amides is 1. The van der Waals surface area contributed by atoms with Crippen LogP contribution >= 0.6 is 0 Å². The number of nitrogens with zero attached hydrogens (tertiary/aromatic N) is 1. The van der Waals surface area contributed by atoms with E-state index >= 15 is 0 Å². The molecule has 0 spiro atoms. The van der Waals surface area contributed by atoms with Crippen LogP contribution in [0.1, 0.15) is 49.8 Å². The van der Waals surface area contributed by atoms with Crippen molar-refractivity contribution < 1.29 is 17.6 Å². The summed E-state index contributed by atoms with van der Waals surface area (Å²) < 4.78 is 32.3. The van der Waals surface area contributed by atoms with E-state index in [0.29, 0.717) is 5.76 Å². The Morgan fingerprint density at radius 3 is 2.45 bits per heavy atom. The Morgan fingerprint density at radius 2 is 1.79 bits per heavy atom. The quantitative estimate of drug-likeness (QED) is 0.662. The molecule has 1 aromatic heterocycles. The fraction of sp³-hybridized carbons (Fsp3) is 0.409. The summed E-state index contributed by atoms with van der Waals surface area (Å²) in [6.07, 6.45) is 9.50. The van der Waals surface area contributed by atoms with Crippen LogP contribution in [0.15, 0.2) is 58.6 Å². The fourth-order valence-corrected chi connectivity index (χ4v) is 4.59. The molecular weight excluding hydrogens is 388 g/mol. The van der Waals surface area contributed by atoms with Crippen LogP contribution in [0.5, 0.6) is 0 Å². The van der Waals surface area contributed by atoms with E-state index in [-0.39, 0.29) is 25.0 Å². The second-order valence-electron chi connectivity index (χ2n) is 7.36. The maximum Gasteiger partial charge on any atom is 0.237 e. The lowest BCUT2D eigenvalue weighted by Gasteiger charge is -2.21. The van der Waals surface area contributed by atoms with E-state index in [1.165, 1.54) is 25.2 Å². The zero-order valence-electron chi connectivity index (χ0n) is 16.5. The van der Waals surface area contributed by atoms with Gasteiger partial charge in [-0.15, -0.1) is 0 Å². The number of carbonyl (C=O) groups excluding carboxylic acids is 1. The van der Waals surface area contributed by atoms with Crippen molar-refractivity contribution in [3.05, 3.63) is 65.5 Å². The van der Waals surface area contributed by atoms with Crippen molar-refractivity contribution in [3.63, 3.8) is 0 Å². The second kappa shape index (κ2) is 10.4. The van der Waals surface area contributed by atoms with Gasteiger partial charge in [0.25, 0.3) is 0 Å². The van der Waals surface area contributed by atoms with E-state index in [0.717, 1.165) is 41.0 Å². The van der Waals surface area contributed by atoms with Gasteiger partial charge in [-0.3, -0.25) is 4.79 Å². The van der Waals surface area contributed by atoms with Gasteiger partial charge in [0, 0.05) is 11.4 Å². The van der Waals surface area contributed by atoms with Crippen molar-refractivity contribution in [2.75, 3.05) is 6.54 Å². The Kier molecular flexibility index (Phi) is 7.66. The van der Waals surface area contributed by atoms with E-state index in [9.17, 15) is 13.2 Å². The minimum absolute atomic E-state index is 0.00650. The molecule has 1 saturated carbocycles. The molecule has 0 unspecified atom stereocenters. The Labute approximate surface area is 172 Å². The number of hydrogen-bond donors (Lipinski definition) is 1. The molecule has 29 heavy (non-hydrogen) atoms. The van der Waals surface area contributed by atoms with Crippen molar-refractivity contribution in [1.29, 1.82) is 0 Å². The minimum Gasteiger partial charge on any atom is -0.468 e. The molecule has 1 heterocycles. The molecule has 0 aliphatic heterocycles. The summed E-state index contributed by atoms with van der Waals surface area (Å²) in [5.41, 5.74) is 0.775. The van der Waals surface area contributed by atoms with Crippen LogP contribution in [-0.4, -0.2) is 31.2 Å². The Bertz CT molecular complexity index is 884. The highest BCUT2D eigenvalue weighted by Gasteiger charge is 2.25. The first-order valence-electron chi connectivity index (χ1n) is 10.1. The van der Waals surface area contributed by atoms with Gasteiger partial charge in [-0.1, -0.05) is 56.0 Å². The van der Waals surface area contributed by atoms with E-state index < -0.39 is 10.0 Å². The monoisotopic (exact) mass is 416 g/mol. The van der Waals surface area contributed by atoms with Gasteiger partial charge in [0.1, 0.15) is 5.76 Å². The number of carbonyl (C=O) groups is 1. The normalized spacial score (nSPS) is 16.2. The third kappa shape index (κ3) is 6.87. The molecule has 1 amide bonds. The number of rotatable bonds is 8. The Morgan fingerprint density at radius 1 is 1.07 bits per heavy atom. The van der Waals surface area contributed by atoms with Gasteiger partial charge in [-0.2, -0.15) is 4.31 Å². The van der Waals surface area contributed by atoms with Gasteiger partial charge in [0.05, 0.1) is 19.4 Å². The summed E-state index contributed by atoms with van der Waals surface area (Å²) in [5.74, 6) is 0.212. The Hall–Kier alpha value is -2.38. The lowest BCUT2D eigenvalue weighted by molar-refractivity contribution is -0.122. The van der Waals surface area contributed by atoms with Gasteiger partial charge in [-0.05, 0) is 36.6 Å². The van der Waals surface area contributed by atoms with Crippen LogP contribution in [-0.2, 0) is 21.4 Å². The first-order valence-corrected chi connectivity index (χ1v) is 11.6. The summed E-state index contributed by atoms with van der Waals surface area (Å²) >= 11 is 0. The number of nitrogens with one attached hydrogen (secondary N) is 1. The largest absolute Gasteiger partial charge is 0.468 e. The smallest absolute Gasteiger partial charge is 0.237 e. The number of sulfonamides is 1. The molecule has 0 bridgehead atoms. The first-order chi connectivity index (χ1) is 14.0. The van der Waals surface area contributed by atoms with Crippen molar-refractivity contribution in [1.82, 2.24) is 9.62 Å². The Balaban J connectivity index is 1.71. The molecule has 156 valence electrons. The molecule has 1 fully saturated rings. The molecule has 1 N–H and O–H groups in total. The average Bonchev–Trinajstić information content (AvgIpc) is 3.09. The predicted octanol–water partition coefficient (Wildman–Crippen LogP) is 3.92. The first kappa shape index (κ1) is 21.3. The van der Waals surface area contributed by atoms with Crippen LogP contribution in [0.2, 0.25) is 0 Å². The summed E-state index contributed by atoms with van der Waals surface area (Å²) in [7, 11) is -3.81. The zero-order valence-corrected chi connectivity index (χ0v) is 17.3. The maximum absolute atomic E-state index is 12.9. The molecule has 1 aliphatic rings. The van der Waals surface area contributed by atoms with Gasteiger partial charge in [0.2, 0.25) is 15.9 Å². The van der Waals surface area contributed by atoms with Gasteiger partial charge in [0.15, 0.2) is 0 Å². The molecule has 1 aliphatic carbocycles. The molecule has 0 saturated heterocycles. The highest BCUT2D eigenvalue weighted by Crippen LogP contribution is 2.18. The van der Waals surface area contributed by atoms with E-state index in [2.05, 4.69) is 5.32 Å². The third-order valence-electron chi connectivity index (χ3n) is 5.04. The number of hydrogen-bond acceptors (Lipinski definition) is 4. The van der Waals surface area contributed by atoms with Crippen molar-refractivity contribution in [2.45, 2.75) is 51.1 Å². The molecule has 7 heteroatoms. The second-order valence-corrected chi connectivity index (χ2v) is 9.18. The minimum atomic E-state index is -3.81. The molecule has 1 aromatic carbocycles. The molecule has 2 aromatic rings. The van der Waals surface area contributed by atoms with Crippen LogP contribution in [0.4, 0.5) is 0 Å².